The summed E-state index contributed by atoms with van der Waals surface area (Å²) in [7, 11) is -3.23. The average Bonchev–Trinajstić information content (AvgIpc) is 2.37. The van der Waals surface area contributed by atoms with Gasteiger partial charge in [0.15, 0.2) is 14.6 Å². The molecule has 0 heterocycles. The maximum absolute atomic E-state index is 11.7. The van der Waals surface area contributed by atoms with Crippen LogP contribution in [0.5, 0.6) is 0 Å². The van der Waals surface area contributed by atoms with E-state index in [1.165, 1.54) is 31.9 Å². The molecule has 90 valence electrons. The normalized spacial score (nSPS) is 27.8. The quantitative estimate of drug-likeness (QED) is 0.708. The minimum Gasteiger partial charge on any atom is -0.227 e. The fourth-order valence-corrected chi connectivity index (χ4v) is 4.72. The molecule has 2 aliphatic rings. The van der Waals surface area contributed by atoms with Crippen LogP contribution in [0.1, 0.15) is 51.4 Å². The molecule has 1 spiro atoms. The van der Waals surface area contributed by atoms with E-state index in [9.17, 15) is 8.42 Å². The van der Waals surface area contributed by atoms with Crippen LogP contribution in [0.15, 0.2) is 0 Å². The minimum absolute atomic E-state index is 0.176. The summed E-state index contributed by atoms with van der Waals surface area (Å²) in [5.74, 6) is 0. The van der Waals surface area contributed by atoms with Gasteiger partial charge in [-0.15, -0.1) is 0 Å². The van der Waals surface area contributed by atoms with Crippen LogP contribution in [0.4, 0.5) is 0 Å². The SMILES string of the molecule is CS(=O)(=O)C1(C#N)CC2(CCCCCC2)C1. The molecule has 0 aromatic rings. The summed E-state index contributed by atoms with van der Waals surface area (Å²) in [6, 6.07) is 2.06. The molecule has 0 aromatic carbocycles. The first-order valence-electron chi connectivity index (χ1n) is 6.04. The first kappa shape index (κ1) is 11.9. The Hall–Kier alpha value is -0.560. The van der Waals surface area contributed by atoms with E-state index in [1.807, 2.05) is 0 Å². The molecule has 0 radical (unpaired) electrons. The zero-order valence-corrected chi connectivity index (χ0v) is 10.6. The number of hydrogen-bond acceptors (Lipinski definition) is 3. The van der Waals surface area contributed by atoms with Gasteiger partial charge in [0.05, 0.1) is 6.07 Å². The van der Waals surface area contributed by atoms with Crippen molar-refractivity contribution >= 4 is 9.84 Å². The van der Waals surface area contributed by atoms with Crippen LogP contribution >= 0.6 is 0 Å². The van der Waals surface area contributed by atoms with Gasteiger partial charge in [0.1, 0.15) is 0 Å². The fraction of sp³-hybridized carbons (Fsp3) is 0.917. The van der Waals surface area contributed by atoms with Gasteiger partial charge in [0.2, 0.25) is 0 Å². The molecule has 0 aromatic heterocycles. The summed E-state index contributed by atoms with van der Waals surface area (Å²) in [4.78, 5) is 0. The van der Waals surface area contributed by atoms with E-state index in [1.54, 1.807) is 0 Å². The number of rotatable bonds is 1. The van der Waals surface area contributed by atoms with Crippen LogP contribution in [-0.2, 0) is 9.84 Å². The van der Waals surface area contributed by atoms with Crippen molar-refractivity contribution in [2.24, 2.45) is 5.41 Å². The second-order valence-corrected chi connectivity index (χ2v) is 7.97. The predicted molar refractivity (Wildman–Crippen MR) is 62.6 cm³/mol. The van der Waals surface area contributed by atoms with Gasteiger partial charge in [-0.1, -0.05) is 25.7 Å². The largest absolute Gasteiger partial charge is 0.227 e. The van der Waals surface area contributed by atoms with Gasteiger partial charge in [0.25, 0.3) is 0 Å². The maximum atomic E-state index is 11.7. The van der Waals surface area contributed by atoms with Crippen molar-refractivity contribution in [3.8, 4) is 6.07 Å². The first-order chi connectivity index (χ1) is 7.43. The number of hydrogen-bond donors (Lipinski definition) is 0. The molecule has 2 saturated carbocycles. The number of sulfone groups is 1. The molecule has 0 aliphatic heterocycles. The molecule has 0 N–H and O–H groups in total. The Morgan fingerprint density at radius 1 is 1.06 bits per heavy atom. The molecule has 2 rings (SSSR count). The number of nitrogens with zero attached hydrogens (tertiary/aromatic N) is 1. The maximum Gasteiger partial charge on any atom is 0.166 e. The molecular formula is C12H19NO2S. The molecule has 0 atom stereocenters. The van der Waals surface area contributed by atoms with E-state index in [-0.39, 0.29) is 5.41 Å². The van der Waals surface area contributed by atoms with Gasteiger partial charge >= 0.3 is 0 Å². The third-order valence-corrected chi connectivity index (χ3v) is 6.20. The molecule has 2 fully saturated rings. The van der Waals surface area contributed by atoms with Gasteiger partial charge in [-0.25, -0.2) is 8.42 Å². The zero-order chi connectivity index (χ0) is 11.9. The Bertz CT molecular complexity index is 403. The number of nitriles is 1. The molecule has 0 bridgehead atoms. The minimum atomic E-state index is -3.23. The summed E-state index contributed by atoms with van der Waals surface area (Å²) in [5.41, 5.74) is 0.176. The van der Waals surface area contributed by atoms with E-state index in [0.29, 0.717) is 12.8 Å². The molecule has 0 unspecified atom stereocenters. The van der Waals surface area contributed by atoms with Crippen LogP contribution in [0.2, 0.25) is 0 Å². The molecule has 0 saturated heterocycles. The molecular weight excluding hydrogens is 222 g/mol. The van der Waals surface area contributed by atoms with Crippen molar-refractivity contribution < 1.29 is 8.42 Å². The van der Waals surface area contributed by atoms with Crippen LogP contribution in [-0.4, -0.2) is 19.4 Å². The highest BCUT2D eigenvalue weighted by molar-refractivity contribution is 7.92. The van der Waals surface area contributed by atoms with Crippen molar-refractivity contribution in [3.63, 3.8) is 0 Å². The topological polar surface area (TPSA) is 57.9 Å². The zero-order valence-electron chi connectivity index (χ0n) is 9.83. The molecule has 3 nitrogen and oxygen atoms in total. The summed E-state index contributed by atoms with van der Waals surface area (Å²) in [6.07, 6.45) is 9.53. The Morgan fingerprint density at radius 3 is 1.94 bits per heavy atom. The lowest BCUT2D eigenvalue weighted by Gasteiger charge is -2.51. The third-order valence-electron chi connectivity index (χ3n) is 4.40. The summed E-state index contributed by atoms with van der Waals surface area (Å²) < 4.78 is 22.3. The van der Waals surface area contributed by atoms with Crippen LogP contribution < -0.4 is 0 Å². The van der Waals surface area contributed by atoms with Crippen LogP contribution in [0.25, 0.3) is 0 Å². The Morgan fingerprint density at radius 2 is 1.56 bits per heavy atom. The van der Waals surface area contributed by atoms with Gasteiger partial charge in [-0.05, 0) is 31.1 Å². The lowest BCUT2D eigenvalue weighted by atomic mass is 9.58. The van der Waals surface area contributed by atoms with Crippen molar-refractivity contribution in [2.45, 2.75) is 56.1 Å². The Kier molecular flexibility index (Phi) is 2.78. The highest BCUT2D eigenvalue weighted by Crippen LogP contribution is 2.58. The van der Waals surface area contributed by atoms with Gasteiger partial charge < -0.3 is 0 Å². The van der Waals surface area contributed by atoms with E-state index >= 15 is 0 Å². The smallest absolute Gasteiger partial charge is 0.166 e. The summed E-state index contributed by atoms with van der Waals surface area (Å²) in [5, 5.41) is 9.13. The molecule has 2 aliphatic carbocycles. The molecule has 0 amide bonds. The summed E-state index contributed by atoms with van der Waals surface area (Å²) >= 11 is 0. The van der Waals surface area contributed by atoms with Gasteiger partial charge in [0, 0.05) is 6.26 Å². The highest BCUT2D eigenvalue weighted by atomic mass is 32.2. The van der Waals surface area contributed by atoms with Crippen LogP contribution in [0.3, 0.4) is 0 Å². The van der Waals surface area contributed by atoms with Crippen LogP contribution in [0, 0.1) is 16.7 Å². The molecule has 16 heavy (non-hydrogen) atoms. The van der Waals surface area contributed by atoms with Crippen molar-refractivity contribution in [3.05, 3.63) is 0 Å². The van der Waals surface area contributed by atoms with E-state index < -0.39 is 14.6 Å². The van der Waals surface area contributed by atoms with Crippen molar-refractivity contribution in [2.75, 3.05) is 6.26 Å². The van der Waals surface area contributed by atoms with Gasteiger partial charge in [-0.3, -0.25) is 0 Å². The lowest BCUT2D eigenvalue weighted by Crippen LogP contribution is -2.55. The fourth-order valence-electron chi connectivity index (χ4n) is 3.42. The van der Waals surface area contributed by atoms with Crippen molar-refractivity contribution in [1.82, 2.24) is 0 Å². The standard InChI is InChI=1S/C12H19NO2S/c1-16(14,15)12(10-13)8-11(9-12)6-4-2-3-5-7-11/h2-9H2,1H3. The third kappa shape index (κ3) is 1.75. The first-order valence-corrected chi connectivity index (χ1v) is 7.93. The van der Waals surface area contributed by atoms with E-state index in [4.69, 9.17) is 5.26 Å². The second kappa shape index (κ2) is 3.73. The lowest BCUT2D eigenvalue weighted by molar-refractivity contribution is 0.0832. The Labute approximate surface area is 97.8 Å². The van der Waals surface area contributed by atoms with Gasteiger partial charge in [-0.2, -0.15) is 5.26 Å². The monoisotopic (exact) mass is 241 g/mol. The molecule has 4 heteroatoms. The Balaban J connectivity index is 2.15. The van der Waals surface area contributed by atoms with E-state index in [2.05, 4.69) is 6.07 Å². The highest BCUT2D eigenvalue weighted by Gasteiger charge is 2.60. The predicted octanol–water partition coefficient (Wildman–Crippen LogP) is 2.43. The average molecular weight is 241 g/mol. The van der Waals surface area contributed by atoms with E-state index in [0.717, 1.165) is 12.8 Å². The summed E-state index contributed by atoms with van der Waals surface area (Å²) in [6.45, 7) is 0. The second-order valence-electron chi connectivity index (χ2n) is 5.65. The van der Waals surface area contributed by atoms with Crippen molar-refractivity contribution in [1.29, 1.82) is 5.26 Å².